The minimum absolute atomic E-state index is 0.205. The van der Waals surface area contributed by atoms with Crippen molar-refractivity contribution in [1.29, 1.82) is 0 Å². The van der Waals surface area contributed by atoms with Gasteiger partial charge < -0.3 is 21.3 Å². The Hall–Kier alpha value is -1.59. The summed E-state index contributed by atoms with van der Waals surface area (Å²) in [5, 5.41) is 20.4. The van der Waals surface area contributed by atoms with Gasteiger partial charge in [-0.15, -0.1) is 0 Å². The summed E-state index contributed by atoms with van der Waals surface area (Å²) in [4.78, 5) is 11.2. The molecule has 0 aromatic heterocycles. The van der Waals surface area contributed by atoms with E-state index < -0.39 is 6.04 Å². The monoisotopic (exact) mass is 224 g/mol. The zero-order valence-electron chi connectivity index (χ0n) is 8.89. The molecule has 0 radical (unpaired) electrons. The average molecular weight is 224 g/mol. The van der Waals surface area contributed by atoms with Crippen LogP contribution in [0.5, 0.6) is 5.75 Å². The van der Waals surface area contributed by atoms with Crippen LogP contribution in [0.25, 0.3) is 0 Å². The van der Waals surface area contributed by atoms with Crippen LogP contribution in [-0.2, 0) is 11.2 Å². The van der Waals surface area contributed by atoms with Crippen LogP contribution in [-0.4, -0.2) is 35.3 Å². The molecule has 16 heavy (non-hydrogen) atoms. The number of carbonyl (C=O) groups is 1. The predicted octanol–water partition coefficient (Wildman–Crippen LogP) is -0.629. The van der Waals surface area contributed by atoms with E-state index in [0.29, 0.717) is 13.0 Å². The Morgan fingerprint density at radius 1 is 1.50 bits per heavy atom. The van der Waals surface area contributed by atoms with Crippen LogP contribution in [0.15, 0.2) is 24.3 Å². The first-order valence-electron chi connectivity index (χ1n) is 5.05. The summed E-state index contributed by atoms with van der Waals surface area (Å²) < 4.78 is 0. The van der Waals surface area contributed by atoms with Gasteiger partial charge in [0.05, 0.1) is 6.61 Å². The van der Waals surface area contributed by atoms with Crippen LogP contribution in [0.4, 0.5) is 0 Å². The number of aromatic hydroxyl groups is 1. The molecule has 1 unspecified atom stereocenters. The van der Waals surface area contributed by atoms with E-state index in [-0.39, 0.29) is 18.3 Å². The molecule has 88 valence electrons. The lowest BCUT2D eigenvalue weighted by Gasteiger charge is -2.09. The molecule has 0 saturated heterocycles. The standard InChI is InChI=1S/C11H16N2O3/c12-10(7-14)11(16)13-5-4-8-2-1-3-9(15)6-8/h1-3,6,10,14-15H,4-5,7,12H2,(H,13,16). The van der Waals surface area contributed by atoms with Crippen molar-refractivity contribution < 1.29 is 15.0 Å². The first-order chi connectivity index (χ1) is 7.63. The van der Waals surface area contributed by atoms with Gasteiger partial charge in [-0.1, -0.05) is 12.1 Å². The Morgan fingerprint density at radius 3 is 2.88 bits per heavy atom. The molecule has 1 amide bonds. The Kier molecular flexibility index (Phi) is 4.75. The van der Waals surface area contributed by atoms with Crippen LogP contribution in [0.1, 0.15) is 5.56 Å². The molecule has 0 spiro atoms. The number of nitrogens with one attached hydrogen (secondary N) is 1. The Bertz CT molecular complexity index is 355. The number of rotatable bonds is 5. The Balaban J connectivity index is 2.33. The third-order valence-corrected chi connectivity index (χ3v) is 2.16. The quantitative estimate of drug-likeness (QED) is 0.535. The van der Waals surface area contributed by atoms with Crippen molar-refractivity contribution in [3.63, 3.8) is 0 Å². The van der Waals surface area contributed by atoms with Gasteiger partial charge in [0.2, 0.25) is 5.91 Å². The lowest BCUT2D eigenvalue weighted by molar-refractivity contribution is -0.123. The fraction of sp³-hybridized carbons (Fsp3) is 0.364. The van der Waals surface area contributed by atoms with E-state index in [1.807, 2.05) is 6.07 Å². The highest BCUT2D eigenvalue weighted by atomic mass is 16.3. The molecule has 0 saturated carbocycles. The van der Waals surface area contributed by atoms with Crippen molar-refractivity contribution in [2.24, 2.45) is 5.73 Å². The van der Waals surface area contributed by atoms with Gasteiger partial charge in [0.15, 0.2) is 0 Å². The minimum atomic E-state index is -0.871. The molecule has 5 N–H and O–H groups in total. The second-order valence-corrected chi connectivity index (χ2v) is 3.50. The summed E-state index contributed by atoms with van der Waals surface area (Å²) in [6.45, 7) is 0.0634. The molecule has 0 aliphatic heterocycles. The zero-order valence-corrected chi connectivity index (χ0v) is 8.89. The third-order valence-electron chi connectivity index (χ3n) is 2.16. The molecule has 0 bridgehead atoms. The lowest BCUT2D eigenvalue weighted by atomic mass is 10.1. The number of aliphatic hydroxyl groups is 1. The largest absolute Gasteiger partial charge is 0.508 e. The van der Waals surface area contributed by atoms with E-state index in [2.05, 4.69) is 5.32 Å². The average Bonchev–Trinajstić information content (AvgIpc) is 2.28. The fourth-order valence-corrected chi connectivity index (χ4v) is 1.26. The van der Waals surface area contributed by atoms with Gasteiger partial charge in [-0.05, 0) is 24.1 Å². The predicted molar refractivity (Wildman–Crippen MR) is 59.9 cm³/mol. The van der Waals surface area contributed by atoms with Crippen molar-refractivity contribution >= 4 is 5.91 Å². The van der Waals surface area contributed by atoms with E-state index in [1.54, 1.807) is 18.2 Å². The number of phenols is 1. The van der Waals surface area contributed by atoms with E-state index in [0.717, 1.165) is 5.56 Å². The summed E-state index contributed by atoms with van der Waals surface area (Å²) in [5.74, 6) is -0.168. The van der Waals surface area contributed by atoms with Crippen LogP contribution < -0.4 is 11.1 Å². The van der Waals surface area contributed by atoms with Gasteiger partial charge in [0.25, 0.3) is 0 Å². The SMILES string of the molecule is NC(CO)C(=O)NCCc1cccc(O)c1. The van der Waals surface area contributed by atoms with E-state index in [9.17, 15) is 9.90 Å². The number of hydrogen-bond acceptors (Lipinski definition) is 4. The summed E-state index contributed by atoms with van der Waals surface area (Å²) >= 11 is 0. The minimum Gasteiger partial charge on any atom is -0.508 e. The van der Waals surface area contributed by atoms with Crippen molar-refractivity contribution in [3.8, 4) is 5.75 Å². The van der Waals surface area contributed by atoms with Crippen molar-refractivity contribution in [1.82, 2.24) is 5.32 Å². The molecule has 5 heteroatoms. The molecule has 0 aliphatic rings. The molecule has 0 fully saturated rings. The van der Waals surface area contributed by atoms with Crippen LogP contribution in [0.3, 0.4) is 0 Å². The van der Waals surface area contributed by atoms with E-state index in [1.165, 1.54) is 0 Å². The number of carbonyl (C=O) groups excluding carboxylic acids is 1. The van der Waals surface area contributed by atoms with E-state index >= 15 is 0 Å². The summed E-state index contributed by atoms with van der Waals surface area (Å²) in [7, 11) is 0. The molecule has 5 nitrogen and oxygen atoms in total. The Labute approximate surface area is 93.9 Å². The molecule has 1 aromatic rings. The number of nitrogens with two attached hydrogens (primary N) is 1. The smallest absolute Gasteiger partial charge is 0.239 e. The highest BCUT2D eigenvalue weighted by Crippen LogP contribution is 2.10. The van der Waals surface area contributed by atoms with Gasteiger partial charge in [-0.3, -0.25) is 4.79 Å². The number of hydrogen-bond donors (Lipinski definition) is 4. The van der Waals surface area contributed by atoms with Crippen molar-refractivity contribution in [3.05, 3.63) is 29.8 Å². The maximum atomic E-state index is 11.2. The molecule has 1 aromatic carbocycles. The van der Waals surface area contributed by atoms with E-state index in [4.69, 9.17) is 10.8 Å². The first-order valence-corrected chi connectivity index (χ1v) is 5.05. The van der Waals surface area contributed by atoms with Crippen molar-refractivity contribution in [2.45, 2.75) is 12.5 Å². The van der Waals surface area contributed by atoms with Crippen molar-refractivity contribution in [2.75, 3.05) is 13.2 Å². The highest BCUT2D eigenvalue weighted by molar-refractivity contribution is 5.81. The number of amides is 1. The number of phenolic OH excluding ortho intramolecular Hbond substituents is 1. The molecule has 0 heterocycles. The molecule has 1 atom stereocenters. The fourth-order valence-electron chi connectivity index (χ4n) is 1.26. The topological polar surface area (TPSA) is 95.6 Å². The lowest BCUT2D eigenvalue weighted by Crippen LogP contribution is -2.43. The zero-order chi connectivity index (χ0) is 12.0. The van der Waals surface area contributed by atoms with Crippen LogP contribution in [0, 0.1) is 0 Å². The van der Waals surface area contributed by atoms with Gasteiger partial charge in [0, 0.05) is 6.54 Å². The van der Waals surface area contributed by atoms with Gasteiger partial charge in [0.1, 0.15) is 11.8 Å². The van der Waals surface area contributed by atoms with Gasteiger partial charge >= 0.3 is 0 Å². The number of benzene rings is 1. The summed E-state index contributed by atoms with van der Waals surface area (Å²) in [5.41, 5.74) is 6.25. The second kappa shape index (κ2) is 6.09. The Morgan fingerprint density at radius 2 is 2.25 bits per heavy atom. The van der Waals surface area contributed by atoms with Gasteiger partial charge in [-0.25, -0.2) is 0 Å². The summed E-state index contributed by atoms with van der Waals surface area (Å²) in [6, 6.07) is 5.95. The third kappa shape index (κ3) is 3.88. The molecule has 0 aliphatic carbocycles. The second-order valence-electron chi connectivity index (χ2n) is 3.50. The number of aliphatic hydroxyl groups excluding tert-OH is 1. The summed E-state index contributed by atoms with van der Waals surface area (Å²) in [6.07, 6.45) is 0.609. The molecule has 1 rings (SSSR count). The van der Waals surface area contributed by atoms with Crippen LogP contribution in [0.2, 0.25) is 0 Å². The maximum absolute atomic E-state index is 11.2. The maximum Gasteiger partial charge on any atom is 0.239 e. The molecular formula is C11H16N2O3. The van der Waals surface area contributed by atoms with Gasteiger partial charge in [-0.2, -0.15) is 0 Å². The highest BCUT2D eigenvalue weighted by Gasteiger charge is 2.10. The normalized spacial score (nSPS) is 12.1. The first kappa shape index (κ1) is 12.5. The van der Waals surface area contributed by atoms with Crippen LogP contribution >= 0.6 is 0 Å². The molecular weight excluding hydrogens is 208 g/mol.